The zero-order valence-electron chi connectivity index (χ0n) is 13.5. The number of carbonyl (C=O) groups is 1. The fourth-order valence-electron chi connectivity index (χ4n) is 3.08. The quantitative estimate of drug-likeness (QED) is 0.867. The lowest BCUT2D eigenvalue weighted by Crippen LogP contribution is -2.44. The number of fused-ring (bicyclic) bond motifs is 1. The van der Waals surface area contributed by atoms with Crippen molar-refractivity contribution >= 4 is 12.0 Å². The number of nitrogens with two attached hydrogens (primary N) is 1. The topological polar surface area (TPSA) is 64.8 Å². The van der Waals surface area contributed by atoms with E-state index in [4.69, 9.17) is 15.2 Å². The van der Waals surface area contributed by atoms with Gasteiger partial charge in [0, 0.05) is 25.2 Å². The van der Waals surface area contributed by atoms with Crippen LogP contribution in [0.1, 0.15) is 25.3 Å². The molecule has 2 aliphatic heterocycles. The summed E-state index contributed by atoms with van der Waals surface area (Å²) in [5, 5.41) is 0. The molecule has 1 aromatic rings. The molecule has 2 heterocycles. The van der Waals surface area contributed by atoms with E-state index >= 15 is 0 Å². The van der Waals surface area contributed by atoms with E-state index in [9.17, 15) is 4.79 Å². The minimum atomic E-state index is 0.0465. The van der Waals surface area contributed by atoms with Gasteiger partial charge in [0.2, 0.25) is 5.91 Å². The van der Waals surface area contributed by atoms with Crippen LogP contribution in [0.3, 0.4) is 0 Å². The molecule has 0 radical (unpaired) electrons. The van der Waals surface area contributed by atoms with E-state index in [1.807, 2.05) is 36.1 Å². The third kappa shape index (κ3) is 3.85. The molecule has 0 aliphatic carbocycles. The van der Waals surface area contributed by atoms with Crippen molar-refractivity contribution in [1.29, 1.82) is 0 Å². The first-order valence-corrected chi connectivity index (χ1v) is 8.26. The molecule has 5 nitrogen and oxygen atoms in total. The summed E-state index contributed by atoms with van der Waals surface area (Å²) in [6, 6.07) is 5.84. The van der Waals surface area contributed by atoms with Crippen LogP contribution >= 0.6 is 0 Å². The summed E-state index contributed by atoms with van der Waals surface area (Å²) in [5.41, 5.74) is 6.91. The van der Waals surface area contributed by atoms with Gasteiger partial charge in [-0.25, -0.2) is 0 Å². The number of likely N-dealkylation sites (tertiary alicyclic amines) is 1. The molecular formula is C18H24N2O3. The van der Waals surface area contributed by atoms with Crippen molar-refractivity contribution in [2.45, 2.75) is 25.8 Å². The average Bonchev–Trinajstić information content (AvgIpc) is 2.59. The zero-order valence-corrected chi connectivity index (χ0v) is 13.5. The predicted molar refractivity (Wildman–Crippen MR) is 89.4 cm³/mol. The molecule has 1 amide bonds. The Balaban J connectivity index is 1.64. The molecule has 5 heteroatoms. The Kier molecular flexibility index (Phi) is 4.86. The van der Waals surface area contributed by atoms with Gasteiger partial charge in [0.25, 0.3) is 0 Å². The number of ether oxygens (including phenoxy) is 2. The second kappa shape index (κ2) is 7.04. The highest BCUT2D eigenvalue weighted by Gasteiger charge is 2.24. The summed E-state index contributed by atoms with van der Waals surface area (Å²) in [5.74, 6) is 1.94. The molecule has 2 N–H and O–H groups in total. The molecule has 0 saturated carbocycles. The Bertz CT molecular complexity index is 598. The van der Waals surface area contributed by atoms with Gasteiger partial charge < -0.3 is 20.1 Å². The Morgan fingerprint density at radius 1 is 1.35 bits per heavy atom. The SMILES string of the molecule is CC(N)C1CCCN(C(=O)/C=C/c2ccc3c(c2)OCCO3)C1. The predicted octanol–water partition coefficient (Wildman–Crippen LogP) is 2.06. The van der Waals surface area contributed by atoms with Gasteiger partial charge in [0.15, 0.2) is 11.5 Å². The second-order valence-corrected chi connectivity index (χ2v) is 6.28. The van der Waals surface area contributed by atoms with Crippen LogP contribution in [0.2, 0.25) is 0 Å². The summed E-state index contributed by atoms with van der Waals surface area (Å²) >= 11 is 0. The molecular weight excluding hydrogens is 292 g/mol. The lowest BCUT2D eigenvalue weighted by molar-refractivity contribution is -0.127. The summed E-state index contributed by atoms with van der Waals surface area (Å²) < 4.78 is 11.1. The fourth-order valence-corrected chi connectivity index (χ4v) is 3.08. The molecule has 2 unspecified atom stereocenters. The normalized spacial score (nSPS) is 22.2. The lowest BCUT2D eigenvalue weighted by Gasteiger charge is -2.34. The number of hydrogen-bond acceptors (Lipinski definition) is 4. The van der Waals surface area contributed by atoms with Crippen LogP contribution in [0.25, 0.3) is 6.08 Å². The van der Waals surface area contributed by atoms with Crippen molar-refractivity contribution in [2.75, 3.05) is 26.3 Å². The number of hydrogen-bond donors (Lipinski definition) is 1. The van der Waals surface area contributed by atoms with Crippen LogP contribution in [0.5, 0.6) is 11.5 Å². The van der Waals surface area contributed by atoms with E-state index in [-0.39, 0.29) is 11.9 Å². The summed E-state index contributed by atoms with van der Waals surface area (Å²) in [6.07, 6.45) is 5.59. The fraction of sp³-hybridized carbons (Fsp3) is 0.500. The second-order valence-electron chi connectivity index (χ2n) is 6.28. The molecule has 1 saturated heterocycles. The van der Waals surface area contributed by atoms with E-state index < -0.39 is 0 Å². The molecule has 0 spiro atoms. The molecule has 2 aliphatic rings. The number of nitrogens with zero attached hydrogens (tertiary/aromatic N) is 1. The van der Waals surface area contributed by atoms with Crippen LogP contribution in [-0.4, -0.2) is 43.2 Å². The summed E-state index contributed by atoms with van der Waals surface area (Å²) in [4.78, 5) is 14.3. The van der Waals surface area contributed by atoms with E-state index in [1.165, 1.54) is 0 Å². The van der Waals surface area contributed by atoms with Crippen molar-refractivity contribution in [3.05, 3.63) is 29.8 Å². The molecule has 2 atom stereocenters. The standard InChI is InChI=1S/C18H24N2O3/c1-13(19)15-3-2-8-20(12-15)18(21)7-5-14-4-6-16-17(11-14)23-10-9-22-16/h4-7,11,13,15H,2-3,8-10,12,19H2,1H3/b7-5+. The maximum Gasteiger partial charge on any atom is 0.246 e. The van der Waals surface area contributed by atoms with Crippen molar-refractivity contribution in [1.82, 2.24) is 4.90 Å². The first-order valence-electron chi connectivity index (χ1n) is 8.26. The minimum absolute atomic E-state index is 0.0465. The molecule has 124 valence electrons. The van der Waals surface area contributed by atoms with Crippen LogP contribution in [0.15, 0.2) is 24.3 Å². The van der Waals surface area contributed by atoms with Crippen molar-refractivity contribution in [2.24, 2.45) is 11.7 Å². The van der Waals surface area contributed by atoms with Crippen molar-refractivity contribution in [3.63, 3.8) is 0 Å². The van der Waals surface area contributed by atoms with Crippen molar-refractivity contribution < 1.29 is 14.3 Å². The molecule has 3 rings (SSSR count). The van der Waals surface area contributed by atoms with E-state index in [1.54, 1.807) is 6.08 Å². The number of rotatable bonds is 3. The van der Waals surface area contributed by atoms with E-state index in [0.717, 1.165) is 43.0 Å². The highest BCUT2D eigenvalue weighted by Crippen LogP contribution is 2.31. The van der Waals surface area contributed by atoms with Crippen LogP contribution in [0, 0.1) is 5.92 Å². The van der Waals surface area contributed by atoms with Crippen LogP contribution in [0.4, 0.5) is 0 Å². The van der Waals surface area contributed by atoms with Gasteiger partial charge in [-0.3, -0.25) is 4.79 Å². The third-order valence-electron chi connectivity index (χ3n) is 4.50. The largest absolute Gasteiger partial charge is 0.486 e. The third-order valence-corrected chi connectivity index (χ3v) is 4.50. The first kappa shape index (κ1) is 15.9. The number of benzene rings is 1. The van der Waals surface area contributed by atoms with Gasteiger partial charge in [-0.2, -0.15) is 0 Å². The van der Waals surface area contributed by atoms with Crippen molar-refractivity contribution in [3.8, 4) is 11.5 Å². The highest BCUT2D eigenvalue weighted by molar-refractivity contribution is 5.92. The monoisotopic (exact) mass is 316 g/mol. The Morgan fingerprint density at radius 3 is 2.91 bits per heavy atom. The Labute approximate surface area is 137 Å². The smallest absolute Gasteiger partial charge is 0.246 e. The first-order chi connectivity index (χ1) is 11.1. The number of amides is 1. The van der Waals surface area contributed by atoms with Gasteiger partial charge in [0.1, 0.15) is 13.2 Å². The molecule has 0 bridgehead atoms. The molecule has 1 fully saturated rings. The summed E-state index contributed by atoms with van der Waals surface area (Å²) in [6.45, 7) is 4.72. The highest BCUT2D eigenvalue weighted by atomic mass is 16.6. The molecule has 0 aromatic heterocycles. The van der Waals surface area contributed by atoms with Crippen LogP contribution in [-0.2, 0) is 4.79 Å². The van der Waals surface area contributed by atoms with E-state index in [2.05, 4.69) is 0 Å². The van der Waals surface area contributed by atoms with E-state index in [0.29, 0.717) is 19.1 Å². The number of piperidine rings is 1. The maximum atomic E-state index is 12.4. The zero-order chi connectivity index (χ0) is 16.2. The molecule has 1 aromatic carbocycles. The van der Waals surface area contributed by atoms with Gasteiger partial charge in [-0.15, -0.1) is 0 Å². The average molecular weight is 316 g/mol. The summed E-state index contributed by atoms with van der Waals surface area (Å²) in [7, 11) is 0. The molecule has 23 heavy (non-hydrogen) atoms. The Morgan fingerprint density at radius 2 is 2.13 bits per heavy atom. The minimum Gasteiger partial charge on any atom is -0.486 e. The van der Waals surface area contributed by atoms with Gasteiger partial charge in [0.05, 0.1) is 0 Å². The lowest BCUT2D eigenvalue weighted by atomic mass is 9.92. The van der Waals surface area contributed by atoms with Gasteiger partial charge in [-0.05, 0) is 49.5 Å². The maximum absolute atomic E-state index is 12.4. The number of carbonyl (C=O) groups excluding carboxylic acids is 1. The Hall–Kier alpha value is -2.01. The van der Waals surface area contributed by atoms with Gasteiger partial charge >= 0.3 is 0 Å². The van der Waals surface area contributed by atoms with Gasteiger partial charge in [-0.1, -0.05) is 6.07 Å². The van der Waals surface area contributed by atoms with Crippen LogP contribution < -0.4 is 15.2 Å².